The first-order valence-electron chi connectivity index (χ1n) is 10.4. The number of nitrogens with one attached hydrogen (secondary N) is 1. The fourth-order valence-corrected chi connectivity index (χ4v) is 4.95. The molecule has 0 bridgehead atoms. The van der Waals surface area contributed by atoms with Gasteiger partial charge in [-0.15, -0.1) is 0 Å². The van der Waals surface area contributed by atoms with E-state index in [9.17, 15) is 13.2 Å². The van der Waals surface area contributed by atoms with Crippen molar-refractivity contribution in [2.75, 3.05) is 17.7 Å². The number of halogens is 1. The van der Waals surface area contributed by atoms with E-state index in [0.717, 1.165) is 34.5 Å². The monoisotopic (exact) mass is 466 g/mol. The summed E-state index contributed by atoms with van der Waals surface area (Å²) in [6.45, 7) is 6.25. The molecule has 0 saturated heterocycles. The molecule has 6 nitrogen and oxygen atoms in total. The van der Waals surface area contributed by atoms with E-state index in [1.165, 1.54) is 18.7 Å². The first kappa shape index (κ1) is 25.0. The molecule has 170 valence electrons. The van der Waals surface area contributed by atoms with Gasteiger partial charge in [0.05, 0.1) is 19.1 Å². The number of aryl methyl sites for hydroxylation is 2. The van der Waals surface area contributed by atoms with Gasteiger partial charge in [-0.1, -0.05) is 50.6 Å². The van der Waals surface area contributed by atoms with Gasteiger partial charge < -0.3 is 10.1 Å². The lowest BCUT2D eigenvalue weighted by atomic mass is 10.0. The molecule has 1 amide bonds. The minimum absolute atomic E-state index is 0.238. The lowest BCUT2D eigenvalue weighted by molar-refractivity contribution is -0.122. The van der Waals surface area contributed by atoms with Gasteiger partial charge in [0.15, 0.2) is 0 Å². The van der Waals surface area contributed by atoms with Crippen molar-refractivity contribution in [1.29, 1.82) is 0 Å². The third kappa shape index (κ3) is 6.14. The van der Waals surface area contributed by atoms with Gasteiger partial charge in [-0.05, 0) is 54.2 Å². The Labute approximate surface area is 190 Å². The van der Waals surface area contributed by atoms with Gasteiger partial charge in [0.1, 0.15) is 11.8 Å². The highest BCUT2D eigenvalue weighted by atomic mass is 35.5. The molecular formula is C23H31ClN2O4S. The average Bonchev–Trinajstić information content (AvgIpc) is 2.74. The number of benzene rings is 2. The normalized spacial score (nSPS) is 12.3. The molecule has 0 heterocycles. The number of methoxy groups -OCH3 is 1. The summed E-state index contributed by atoms with van der Waals surface area (Å²) >= 11 is 6.12. The van der Waals surface area contributed by atoms with E-state index in [-0.39, 0.29) is 18.0 Å². The summed E-state index contributed by atoms with van der Waals surface area (Å²) in [6, 6.07) is 10.0. The molecule has 0 radical (unpaired) electrons. The minimum atomic E-state index is -3.80. The SMILES string of the molecule is CCc1ccc(CC)c(CNC(=O)C(CC)N(c2cc(Cl)ccc2OC)S(C)(=O)=O)c1. The number of carbonyl (C=O) groups excluding carboxylic acids is 1. The second-order valence-corrected chi connectivity index (χ2v) is 9.62. The molecule has 2 aromatic rings. The van der Waals surface area contributed by atoms with Crippen molar-refractivity contribution in [1.82, 2.24) is 5.32 Å². The maximum Gasteiger partial charge on any atom is 0.244 e. The van der Waals surface area contributed by atoms with E-state index in [0.29, 0.717) is 17.3 Å². The summed E-state index contributed by atoms with van der Waals surface area (Å²) in [5.41, 5.74) is 3.62. The average molecular weight is 467 g/mol. The van der Waals surface area contributed by atoms with Crippen LogP contribution in [0.5, 0.6) is 5.75 Å². The molecule has 1 atom stereocenters. The van der Waals surface area contributed by atoms with Crippen LogP contribution in [0.15, 0.2) is 36.4 Å². The lowest BCUT2D eigenvalue weighted by Crippen LogP contribution is -2.49. The van der Waals surface area contributed by atoms with Gasteiger partial charge in [0.2, 0.25) is 15.9 Å². The molecule has 0 fully saturated rings. The first-order chi connectivity index (χ1) is 14.7. The first-order valence-corrected chi connectivity index (χ1v) is 12.6. The number of nitrogens with zero attached hydrogens (tertiary/aromatic N) is 1. The molecule has 1 N–H and O–H groups in total. The van der Waals surface area contributed by atoms with E-state index in [1.54, 1.807) is 19.1 Å². The van der Waals surface area contributed by atoms with Gasteiger partial charge in [0, 0.05) is 11.6 Å². The summed E-state index contributed by atoms with van der Waals surface area (Å²) < 4.78 is 31.9. The molecule has 8 heteroatoms. The number of rotatable bonds is 10. The summed E-state index contributed by atoms with van der Waals surface area (Å²) in [6.07, 6.45) is 3.11. The van der Waals surface area contributed by atoms with Crippen LogP contribution in [0.3, 0.4) is 0 Å². The van der Waals surface area contributed by atoms with Crippen molar-refractivity contribution in [3.8, 4) is 5.75 Å². The lowest BCUT2D eigenvalue weighted by Gasteiger charge is -2.31. The molecule has 0 spiro atoms. The molecule has 0 aromatic heterocycles. The predicted molar refractivity (Wildman–Crippen MR) is 126 cm³/mol. The number of carbonyl (C=O) groups is 1. The molecular weight excluding hydrogens is 436 g/mol. The van der Waals surface area contributed by atoms with Crippen LogP contribution >= 0.6 is 11.6 Å². The van der Waals surface area contributed by atoms with Crippen LogP contribution in [0.1, 0.15) is 43.9 Å². The molecule has 0 aliphatic heterocycles. The second kappa shape index (κ2) is 10.9. The Bertz CT molecular complexity index is 1020. The van der Waals surface area contributed by atoms with Gasteiger partial charge >= 0.3 is 0 Å². The topological polar surface area (TPSA) is 75.7 Å². The predicted octanol–water partition coefficient (Wildman–Crippen LogP) is 4.33. The smallest absolute Gasteiger partial charge is 0.244 e. The van der Waals surface area contributed by atoms with Crippen LogP contribution in [0.4, 0.5) is 5.69 Å². The molecule has 0 aliphatic rings. The highest BCUT2D eigenvalue weighted by Crippen LogP contribution is 2.34. The van der Waals surface area contributed by atoms with Gasteiger partial charge in [-0.3, -0.25) is 9.10 Å². The van der Waals surface area contributed by atoms with Crippen LogP contribution in [0.2, 0.25) is 5.02 Å². The third-order valence-corrected chi connectivity index (χ3v) is 6.62. The Kier molecular flexibility index (Phi) is 8.77. The van der Waals surface area contributed by atoms with Crippen molar-refractivity contribution < 1.29 is 17.9 Å². The molecule has 2 aromatic carbocycles. The van der Waals surface area contributed by atoms with Crippen LogP contribution in [-0.2, 0) is 34.2 Å². The Morgan fingerprint density at radius 1 is 1.10 bits per heavy atom. The molecule has 2 rings (SSSR count). The Morgan fingerprint density at radius 3 is 2.35 bits per heavy atom. The number of amides is 1. The standard InChI is InChI=1S/C23H31ClN2O4S/c1-6-16-9-10-17(7-2)18(13-16)15-25-23(27)20(8-3)26(31(5,28)29)21-14-19(24)11-12-22(21)30-4/h9-14,20H,6-8,15H2,1-5H3,(H,25,27). The van der Waals surface area contributed by atoms with Gasteiger partial charge in [0.25, 0.3) is 0 Å². The van der Waals surface area contributed by atoms with Gasteiger partial charge in [-0.2, -0.15) is 0 Å². The second-order valence-electron chi connectivity index (χ2n) is 7.33. The molecule has 0 saturated carbocycles. The van der Waals surface area contributed by atoms with E-state index in [1.807, 2.05) is 0 Å². The number of hydrogen-bond donors (Lipinski definition) is 1. The zero-order valence-corrected chi connectivity index (χ0v) is 20.3. The largest absolute Gasteiger partial charge is 0.495 e. The highest BCUT2D eigenvalue weighted by Gasteiger charge is 2.33. The fourth-order valence-electron chi connectivity index (χ4n) is 3.58. The Hall–Kier alpha value is -2.25. The van der Waals surface area contributed by atoms with Gasteiger partial charge in [-0.25, -0.2) is 8.42 Å². The molecule has 1 unspecified atom stereocenters. The summed E-state index contributed by atoms with van der Waals surface area (Å²) in [7, 11) is -2.35. The minimum Gasteiger partial charge on any atom is -0.495 e. The van der Waals surface area contributed by atoms with E-state index in [2.05, 4.69) is 37.4 Å². The van der Waals surface area contributed by atoms with E-state index in [4.69, 9.17) is 16.3 Å². The Morgan fingerprint density at radius 2 is 1.81 bits per heavy atom. The molecule has 31 heavy (non-hydrogen) atoms. The van der Waals surface area contributed by atoms with E-state index < -0.39 is 16.1 Å². The maximum atomic E-state index is 13.2. The number of anilines is 1. The van der Waals surface area contributed by atoms with Crippen LogP contribution in [0.25, 0.3) is 0 Å². The van der Waals surface area contributed by atoms with Crippen molar-refractivity contribution in [2.24, 2.45) is 0 Å². The molecule has 0 aliphatic carbocycles. The van der Waals surface area contributed by atoms with Crippen LogP contribution < -0.4 is 14.4 Å². The van der Waals surface area contributed by atoms with Crippen LogP contribution in [-0.4, -0.2) is 33.7 Å². The van der Waals surface area contributed by atoms with Crippen molar-refractivity contribution >= 4 is 33.2 Å². The zero-order valence-electron chi connectivity index (χ0n) is 18.7. The van der Waals surface area contributed by atoms with Crippen molar-refractivity contribution in [3.05, 3.63) is 58.1 Å². The quantitative estimate of drug-likeness (QED) is 0.565. The summed E-state index contributed by atoms with van der Waals surface area (Å²) in [5.74, 6) is -0.0519. The zero-order chi connectivity index (χ0) is 23.2. The number of ether oxygens (including phenoxy) is 1. The summed E-state index contributed by atoms with van der Waals surface area (Å²) in [4.78, 5) is 13.2. The van der Waals surface area contributed by atoms with E-state index >= 15 is 0 Å². The number of hydrogen-bond acceptors (Lipinski definition) is 4. The van der Waals surface area contributed by atoms with Crippen molar-refractivity contribution in [2.45, 2.75) is 52.6 Å². The Balaban J connectivity index is 2.38. The third-order valence-electron chi connectivity index (χ3n) is 5.22. The fraction of sp³-hybridized carbons (Fsp3) is 0.435. The maximum absolute atomic E-state index is 13.2. The highest BCUT2D eigenvalue weighted by molar-refractivity contribution is 7.92. The number of sulfonamides is 1. The summed E-state index contributed by atoms with van der Waals surface area (Å²) in [5, 5.41) is 3.28. The van der Waals surface area contributed by atoms with Crippen LogP contribution in [0, 0.1) is 0 Å². The van der Waals surface area contributed by atoms with Crippen molar-refractivity contribution in [3.63, 3.8) is 0 Å².